The number of amides is 2. The van der Waals surface area contributed by atoms with Crippen LogP contribution in [0.1, 0.15) is 81.5 Å². The summed E-state index contributed by atoms with van der Waals surface area (Å²) in [5.74, 6) is 7.13. The number of unbranched alkanes of at least 4 members (excludes halogenated alkanes) is 1. The van der Waals surface area contributed by atoms with Crippen LogP contribution >= 0.6 is 0 Å². The predicted octanol–water partition coefficient (Wildman–Crippen LogP) is 8.84. The van der Waals surface area contributed by atoms with Gasteiger partial charge in [0, 0.05) is 62.1 Å². The largest absolute Gasteiger partial charge is 0.326 e. The maximum absolute atomic E-state index is 14.2. The molecule has 0 spiro atoms. The SMILES string of the molecule is CCCCN(C(=O)Nc1c(C(C)C)cc(-c2cccc(C#CCN3CCN(Cc4ccccc4)CC3)c2)cc1C(C)C)c1cc2cccnc2[nH]c1=O. The maximum Gasteiger partial charge on any atom is 0.326 e. The molecule has 0 unspecified atom stereocenters. The van der Waals surface area contributed by atoms with E-state index in [4.69, 9.17) is 0 Å². The van der Waals surface area contributed by atoms with Crippen molar-refractivity contribution in [3.05, 3.63) is 124 Å². The number of benzene rings is 3. The van der Waals surface area contributed by atoms with Crippen molar-refractivity contribution in [2.45, 2.75) is 65.8 Å². The van der Waals surface area contributed by atoms with Crippen LogP contribution in [0, 0.1) is 11.8 Å². The first-order valence-corrected chi connectivity index (χ1v) is 19.0. The molecule has 2 N–H and O–H groups in total. The molecule has 274 valence electrons. The summed E-state index contributed by atoms with van der Waals surface area (Å²) in [6, 6.07) is 28.7. The smallest absolute Gasteiger partial charge is 0.307 e. The molecule has 6 rings (SSSR count). The minimum atomic E-state index is -0.338. The molecule has 1 aliphatic heterocycles. The number of anilines is 2. The van der Waals surface area contributed by atoms with Crippen LogP contribution in [0.15, 0.2) is 95.9 Å². The number of aromatic amines is 1. The van der Waals surface area contributed by atoms with E-state index in [2.05, 4.69) is 138 Å². The summed E-state index contributed by atoms with van der Waals surface area (Å²) in [6.45, 7) is 17.0. The number of fused-ring (bicyclic) bond motifs is 1. The number of carbonyl (C=O) groups excluding carboxylic acids is 1. The molecule has 53 heavy (non-hydrogen) atoms. The van der Waals surface area contributed by atoms with Crippen molar-refractivity contribution in [2.24, 2.45) is 0 Å². The number of H-pyrrole nitrogens is 1. The summed E-state index contributed by atoms with van der Waals surface area (Å²) in [6.07, 6.45) is 3.29. The number of urea groups is 1. The van der Waals surface area contributed by atoms with Gasteiger partial charge in [0.1, 0.15) is 11.3 Å². The van der Waals surface area contributed by atoms with Crippen LogP contribution in [0.4, 0.5) is 16.2 Å². The lowest BCUT2D eigenvalue weighted by atomic mass is 9.88. The highest BCUT2D eigenvalue weighted by molar-refractivity contribution is 6.03. The van der Waals surface area contributed by atoms with Crippen LogP contribution in [-0.4, -0.2) is 65.1 Å². The highest BCUT2D eigenvalue weighted by Crippen LogP contribution is 2.38. The summed E-state index contributed by atoms with van der Waals surface area (Å²) >= 11 is 0. The number of nitrogens with zero attached hydrogens (tertiary/aromatic N) is 4. The minimum absolute atomic E-state index is 0.137. The van der Waals surface area contributed by atoms with Crippen LogP contribution in [0.2, 0.25) is 0 Å². The molecule has 0 radical (unpaired) electrons. The number of piperazine rings is 1. The van der Waals surface area contributed by atoms with Crippen LogP contribution in [0.3, 0.4) is 0 Å². The van der Waals surface area contributed by atoms with Crippen molar-refractivity contribution >= 4 is 28.4 Å². The molecule has 0 saturated carbocycles. The third-order valence-electron chi connectivity index (χ3n) is 9.99. The molecule has 0 bridgehead atoms. The molecule has 8 nitrogen and oxygen atoms in total. The number of rotatable bonds is 11. The second-order valence-corrected chi connectivity index (χ2v) is 14.6. The van der Waals surface area contributed by atoms with Crippen LogP contribution in [0.5, 0.6) is 0 Å². The van der Waals surface area contributed by atoms with Crippen molar-refractivity contribution in [2.75, 3.05) is 49.5 Å². The number of aromatic nitrogens is 2. The lowest BCUT2D eigenvalue weighted by Crippen LogP contribution is -2.45. The third kappa shape index (κ3) is 9.42. The first-order chi connectivity index (χ1) is 25.7. The maximum atomic E-state index is 14.2. The van der Waals surface area contributed by atoms with E-state index in [1.165, 1.54) is 5.56 Å². The summed E-state index contributed by atoms with van der Waals surface area (Å²) < 4.78 is 0. The fourth-order valence-corrected chi connectivity index (χ4v) is 6.93. The lowest BCUT2D eigenvalue weighted by Gasteiger charge is -2.33. The van der Waals surface area contributed by atoms with Crippen molar-refractivity contribution in [1.82, 2.24) is 19.8 Å². The van der Waals surface area contributed by atoms with Gasteiger partial charge in [0.05, 0.1) is 6.54 Å². The Bertz CT molecular complexity index is 2110. The molecule has 8 heteroatoms. The Balaban J connectivity index is 1.21. The quantitative estimate of drug-likeness (QED) is 0.134. The molecule has 2 amide bonds. The van der Waals surface area contributed by atoms with E-state index in [1.807, 2.05) is 12.1 Å². The van der Waals surface area contributed by atoms with Gasteiger partial charge in [-0.05, 0) is 88.5 Å². The molecule has 1 saturated heterocycles. The Morgan fingerprint density at radius 3 is 2.28 bits per heavy atom. The van der Waals surface area contributed by atoms with Crippen LogP contribution in [-0.2, 0) is 6.54 Å². The molecular formula is C45H52N6O2. The van der Waals surface area contributed by atoms with Crippen molar-refractivity contribution in [3.8, 4) is 23.0 Å². The standard InChI is InChI=1S/C45H52N6O2/c1-6-7-22-51(41-30-37-19-12-20-46-43(37)48-44(41)52)45(53)47-42-39(32(2)3)28-38(29-40(42)33(4)5)36-18-11-16-34(27-36)17-13-21-49-23-25-50(26-24-49)31-35-14-9-8-10-15-35/h8-12,14-16,18-20,27-30,32-33H,6-7,21-26,31H2,1-5H3,(H,47,53)(H,46,48,52). The van der Waals surface area contributed by atoms with E-state index >= 15 is 0 Å². The molecule has 2 aromatic heterocycles. The predicted molar refractivity (Wildman–Crippen MR) is 219 cm³/mol. The highest BCUT2D eigenvalue weighted by atomic mass is 16.2. The zero-order valence-electron chi connectivity index (χ0n) is 31.8. The highest BCUT2D eigenvalue weighted by Gasteiger charge is 2.24. The summed E-state index contributed by atoms with van der Waals surface area (Å²) in [4.78, 5) is 41.1. The monoisotopic (exact) mass is 708 g/mol. The van der Waals surface area contributed by atoms with Crippen LogP contribution < -0.4 is 15.8 Å². The van der Waals surface area contributed by atoms with E-state index in [0.29, 0.717) is 17.9 Å². The zero-order chi connectivity index (χ0) is 37.3. The van der Waals surface area contributed by atoms with Gasteiger partial charge in [-0.25, -0.2) is 9.78 Å². The van der Waals surface area contributed by atoms with E-state index in [0.717, 1.165) is 91.0 Å². The number of hydrogen-bond donors (Lipinski definition) is 2. The van der Waals surface area contributed by atoms with Crippen molar-refractivity contribution in [1.29, 1.82) is 0 Å². The van der Waals surface area contributed by atoms with Crippen molar-refractivity contribution < 1.29 is 4.79 Å². The van der Waals surface area contributed by atoms with Gasteiger partial charge in [-0.1, -0.05) is 95.3 Å². The average molecular weight is 709 g/mol. The summed E-state index contributed by atoms with van der Waals surface area (Å²) in [7, 11) is 0. The van der Waals surface area contributed by atoms with Gasteiger partial charge in [-0.15, -0.1) is 0 Å². The first-order valence-electron chi connectivity index (χ1n) is 19.0. The lowest BCUT2D eigenvalue weighted by molar-refractivity contribution is 0.138. The second-order valence-electron chi connectivity index (χ2n) is 14.6. The Hall–Kier alpha value is -5.23. The normalized spacial score (nSPS) is 13.6. The Kier molecular flexibility index (Phi) is 12.4. The fraction of sp³-hybridized carbons (Fsp3) is 0.356. The van der Waals surface area contributed by atoms with E-state index in [-0.39, 0.29) is 23.4 Å². The first kappa shape index (κ1) is 37.5. The number of pyridine rings is 2. The Morgan fingerprint density at radius 1 is 0.868 bits per heavy atom. The molecule has 5 aromatic rings. The molecule has 3 aromatic carbocycles. The number of nitrogens with one attached hydrogen (secondary N) is 2. The number of hydrogen-bond acceptors (Lipinski definition) is 5. The zero-order valence-corrected chi connectivity index (χ0v) is 31.8. The van der Waals surface area contributed by atoms with Crippen LogP contribution in [0.25, 0.3) is 22.2 Å². The van der Waals surface area contributed by atoms with E-state index in [9.17, 15) is 9.59 Å². The minimum Gasteiger partial charge on any atom is -0.307 e. The van der Waals surface area contributed by atoms with Gasteiger partial charge < -0.3 is 10.3 Å². The van der Waals surface area contributed by atoms with Gasteiger partial charge >= 0.3 is 6.03 Å². The van der Waals surface area contributed by atoms with Gasteiger partial charge in [0.25, 0.3) is 5.56 Å². The molecular weight excluding hydrogens is 657 g/mol. The topological polar surface area (TPSA) is 84.6 Å². The van der Waals surface area contributed by atoms with Gasteiger partial charge in [0.2, 0.25) is 0 Å². The molecule has 3 heterocycles. The Labute approximate surface area is 314 Å². The average Bonchev–Trinajstić information content (AvgIpc) is 3.16. The van der Waals surface area contributed by atoms with Crippen molar-refractivity contribution in [3.63, 3.8) is 0 Å². The van der Waals surface area contributed by atoms with E-state index in [1.54, 1.807) is 17.2 Å². The molecule has 0 aliphatic carbocycles. The summed E-state index contributed by atoms with van der Waals surface area (Å²) in [5.41, 5.74) is 7.92. The summed E-state index contributed by atoms with van der Waals surface area (Å²) in [5, 5.41) is 4.05. The van der Waals surface area contributed by atoms with Gasteiger partial charge in [0.15, 0.2) is 0 Å². The number of carbonyl (C=O) groups is 1. The third-order valence-corrected chi connectivity index (χ3v) is 9.99. The van der Waals surface area contributed by atoms with Gasteiger partial charge in [-0.2, -0.15) is 0 Å². The van der Waals surface area contributed by atoms with E-state index < -0.39 is 0 Å². The molecule has 1 aliphatic rings. The van der Waals surface area contributed by atoms with Gasteiger partial charge in [-0.3, -0.25) is 19.5 Å². The second kappa shape index (κ2) is 17.5. The molecule has 1 fully saturated rings. The fourth-order valence-electron chi connectivity index (χ4n) is 6.93. The molecule has 0 atom stereocenters. The Morgan fingerprint density at radius 2 is 1.58 bits per heavy atom.